The van der Waals surface area contributed by atoms with Crippen LogP contribution in [-0.2, 0) is 6.42 Å². The lowest BCUT2D eigenvalue weighted by molar-refractivity contribution is 0.203. The van der Waals surface area contributed by atoms with Crippen molar-refractivity contribution in [1.29, 1.82) is 0 Å². The molecular weight excluding hydrogens is 415 g/mol. The Bertz CT molecular complexity index is 444. The smallest absolute Gasteiger partial charge is 0.191 e. The summed E-state index contributed by atoms with van der Waals surface area (Å²) in [5, 5.41) is 6.70. The number of hydrogen-bond acceptors (Lipinski definition) is 3. The van der Waals surface area contributed by atoms with Gasteiger partial charge in [-0.1, -0.05) is 13.3 Å². The van der Waals surface area contributed by atoms with E-state index in [1.165, 1.54) is 32.4 Å². The largest absolute Gasteiger partial charge is 0.469 e. The maximum absolute atomic E-state index is 5.35. The number of nitrogens with one attached hydrogen (secondary N) is 2. The van der Waals surface area contributed by atoms with E-state index in [9.17, 15) is 0 Å². The van der Waals surface area contributed by atoms with E-state index in [1.807, 2.05) is 12.1 Å². The predicted octanol–water partition coefficient (Wildman–Crippen LogP) is 3.12. The minimum Gasteiger partial charge on any atom is -0.469 e. The summed E-state index contributed by atoms with van der Waals surface area (Å²) in [6, 6.07) is 3.93. The normalized spacial score (nSPS) is 17.2. The number of hydrogen-bond donors (Lipinski definition) is 2. The molecule has 1 unspecified atom stereocenters. The average Bonchev–Trinajstić information content (AvgIpc) is 3.07. The second kappa shape index (κ2) is 12.6. The van der Waals surface area contributed by atoms with Gasteiger partial charge in [-0.3, -0.25) is 4.99 Å². The van der Waals surface area contributed by atoms with Crippen LogP contribution < -0.4 is 10.6 Å². The third-order valence-electron chi connectivity index (χ3n) is 4.17. The van der Waals surface area contributed by atoms with E-state index in [0.717, 1.165) is 44.3 Å². The number of aliphatic imine (C=N–C) groups is 1. The van der Waals surface area contributed by atoms with Crippen molar-refractivity contribution in [1.82, 2.24) is 15.5 Å². The van der Waals surface area contributed by atoms with Gasteiger partial charge in [0.2, 0.25) is 0 Å². The Kier molecular flexibility index (Phi) is 11.2. The summed E-state index contributed by atoms with van der Waals surface area (Å²) >= 11 is 0. The van der Waals surface area contributed by atoms with Crippen LogP contribution in [0.25, 0.3) is 0 Å². The van der Waals surface area contributed by atoms with E-state index in [0.29, 0.717) is 5.92 Å². The first-order valence-electron chi connectivity index (χ1n) is 9.05. The summed E-state index contributed by atoms with van der Waals surface area (Å²) in [6.07, 6.45) is 6.70. The summed E-state index contributed by atoms with van der Waals surface area (Å²) in [6.45, 7) is 10.7. The molecule has 1 aromatic rings. The van der Waals surface area contributed by atoms with Crippen molar-refractivity contribution in [3.8, 4) is 0 Å². The molecule has 24 heavy (non-hydrogen) atoms. The van der Waals surface area contributed by atoms with Crippen LogP contribution >= 0.6 is 24.0 Å². The van der Waals surface area contributed by atoms with Crippen LogP contribution in [0.4, 0.5) is 0 Å². The zero-order valence-corrected chi connectivity index (χ0v) is 17.4. The second-order valence-corrected chi connectivity index (χ2v) is 6.44. The van der Waals surface area contributed by atoms with Crippen LogP contribution in [0.2, 0.25) is 0 Å². The van der Waals surface area contributed by atoms with Gasteiger partial charge in [0, 0.05) is 32.6 Å². The highest BCUT2D eigenvalue weighted by Crippen LogP contribution is 2.11. The fraction of sp³-hybridized carbons (Fsp3) is 0.722. The molecule has 1 aromatic heterocycles. The van der Waals surface area contributed by atoms with Gasteiger partial charge in [-0.25, -0.2) is 0 Å². The maximum atomic E-state index is 5.35. The lowest BCUT2D eigenvalue weighted by atomic mass is 10.1. The Hall–Kier alpha value is -0.760. The highest BCUT2D eigenvalue weighted by Gasteiger charge is 2.13. The number of guanidine groups is 1. The minimum atomic E-state index is 0. The highest BCUT2D eigenvalue weighted by molar-refractivity contribution is 14.0. The van der Waals surface area contributed by atoms with Gasteiger partial charge in [-0.05, 0) is 50.9 Å². The molecule has 0 amide bonds. The van der Waals surface area contributed by atoms with Crippen molar-refractivity contribution < 1.29 is 4.42 Å². The van der Waals surface area contributed by atoms with Crippen LogP contribution in [0.5, 0.6) is 0 Å². The fourth-order valence-electron chi connectivity index (χ4n) is 2.99. The molecule has 0 radical (unpaired) electrons. The lowest BCUT2D eigenvalue weighted by Crippen LogP contribution is -2.39. The maximum Gasteiger partial charge on any atom is 0.191 e. The number of halogens is 1. The number of likely N-dealkylation sites (tertiary alicyclic amines) is 1. The SMILES string of the molecule is CCNC(=NCC(C)CN1CCCCC1)NCCc1ccco1.I. The quantitative estimate of drug-likeness (QED) is 0.365. The summed E-state index contributed by atoms with van der Waals surface area (Å²) in [5.41, 5.74) is 0. The molecule has 1 saturated heterocycles. The summed E-state index contributed by atoms with van der Waals surface area (Å²) in [4.78, 5) is 7.32. The molecule has 138 valence electrons. The topological polar surface area (TPSA) is 52.8 Å². The molecule has 5 nitrogen and oxygen atoms in total. The number of piperidine rings is 1. The predicted molar refractivity (Wildman–Crippen MR) is 111 cm³/mol. The third-order valence-corrected chi connectivity index (χ3v) is 4.17. The van der Waals surface area contributed by atoms with Crippen molar-refractivity contribution in [2.24, 2.45) is 10.9 Å². The van der Waals surface area contributed by atoms with Crippen molar-refractivity contribution >= 4 is 29.9 Å². The van der Waals surface area contributed by atoms with E-state index < -0.39 is 0 Å². The molecule has 0 saturated carbocycles. The molecule has 0 aromatic carbocycles. The molecule has 2 heterocycles. The van der Waals surface area contributed by atoms with Gasteiger partial charge in [0.15, 0.2) is 5.96 Å². The zero-order valence-electron chi connectivity index (χ0n) is 15.1. The van der Waals surface area contributed by atoms with Crippen molar-refractivity contribution in [3.05, 3.63) is 24.2 Å². The first-order chi connectivity index (χ1) is 11.3. The molecule has 1 atom stereocenters. The molecule has 1 aliphatic rings. The molecule has 1 aliphatic heterocycles. The first-order valence-corrected chi connectivity index (χ1v) is 9.05. The first kappa shape index (κ1) is 21.3. The third kappa shape index (κ3) is 8.37. The van der Waals surface area contributed by atoms with E-state index >= 15 is 0 Å². The Labute approximate surface area is 163 Å². The van der Waals surface area contributed by atoms with Crippen molar-refractivity contribution in [3.63, 3.8) is 0 Å². The van der Waals surface area contributed by atoms with Gasteiger partial charge in [-0.2, -0.15) is 0 Å². The van der Waals surface area contributed by atoms with Gasteiger partial charge >= 0.3 is 0 Å². The van der Waals surface area contributed by atoms with Gasteiger partial charge in [0.25, 0.3) is 0 Å². The molecule has 0 bridgehead atoms. The standard InChI is InChI=1S/C18H32N4O.HI/c1-3-19-18(20-10-9-17-8-7-13-23-17)21-14-16(2)15-22-11-5-4-6-12-22;/h7-8,13,16H,3-6,9-12,14-15H2,1-2H3,(H2,19,20,21);1H. The van der Waals surface area contributed by atoms with Crippen molar-refractivity contribution in [2.45, 2.75) is 39.5 Å². The molecule has 0 aliphatic carbocycles. The Morgan fingerprint density at radius 1 is 1.29 bits per heavy atom. The Morgan fingerprint density at radius 3 is 2.75 bits per heavy atom. The molecular formula is C18H33IN4O. The summed E-state index contributed by atoms with van der Waals surface area (Å²) in [5.74, 6) is 2.50. The van der Waals surface area contributed by atoms with Crippen LogP contribution in [0.3, 0.4) is 0 Å². The number of nitrogens with zero attached hydrogens (tertiary/aromatic N) is 2. The van der Waals surface area contributed by atoms with Crippen LogP contribution in [-0.4, -0.2) is 50.1 Å². The van der Waals surface area contributed by atoms with E-state index in [4.69, 9.17) is 9.41 Å². The summed E-state index contributed by atoms with van der Waals surface area (Å²) < 4.78 is 5.35. The van der Waals surface area contributed by atoms with Gasteiger partial charge in [0.1, 0.15) is 5.76 Å². The molecule has 6 heteroatoms. The van der Waals surface area contributed by atoms with E-state index in [-0.39, 0.29) is 24.0 Å². The highest BCUT2D eigenvalue weighted by atomic mass is 127. The minimum absolute atomic E-state index is 0. The van der Waals surface area contributed by atoms with Crippen LogP contribution in [0.15, 0.2) is 27.8 Å². The van der Waals surface area contributed by atoms with Crippen LogP contribution in [0, 0.1) is 5.92 Å². The lowest BCUT2D eigenvalue weighted by Gasteiger charge is -2.28. The van der Waals surface area contributed by atoms with Crippen LogP contribution in [0.1, 0.15) is 38.9 Å². The molecule has 1 fully saturated rings. The number of furan rings is 1. The monoisotopic (exact) mass is 448 g/mol. The molecule has 2 N–H and O–H groups in total. The Balaban J connectivity index is 0.00000288. The Morgan fingerprint density at radius 2 is 2.08 bits per heavy atom. The van der Waals surface area contributed by atoms with Gasteiger partial charge in [0.05, 0.1) is 6.26 Å². The van der Waals surface area contributed by atoms with E-state index in [2.05, 4.69) is 29.4 Å². The van der Waals surface area contributed by atoms with Gasteiger partial charge < -0.3 is 20.0 Å². The van der Waals surface area contributed by atoms with Crippen molar-refractivity contribution in [2.75, 3.05) is 39.3 Å². The van der Waals surface area contributed by atoms with E-state index in [1.54, 1.807) is 6.26 Å². The number of rotatable bonds is 8. The zero-order chi connectivity index (χ0) is 16.3. The molecule has 0 spiro atoms. The average molecular weight is 448 g/mol. The molecule has 2 rings (SSSR count). The summed E-state index contributed by atoms with van der Waals surface area (Å²) in [7, 11) is 0. The fourth-order valence-corrected chi connectivity index (χ4v) is 2.99. The second-order valence-electron chi connectivity index (χ2n) is 6.44. The van der Waals surface area contributed by atoms with Gasteiger partial charge in [-0.15, -0.1) is 24.0 Å².